The number of nitrogens with zero attached hydrogens (tertiary/aromatic N) is 4. The number of aryl methyl sites for hydroxylation is 2. The Labute approximate surface area is 140 Å². The summed E-state index contributed by atoms with van der Waals surface area (Å²) < 4.78 is 1.87. The zero-order valence-corrected chi connectivity index (χ0v) is 13.6. The predicted octanol–water partition coefficient (Wildman–Crippen LogP) is 4.15. The standard InChI is InChI=1S/C19H17N5/c1-13-6-8-15(9-7-13)17-18(22-16-5-3-4-14(2)10-16)24-12-20-11-21-19(24)23-17/h3-12,22H,1-2H3. The van der Waals surface area contributed by atoms with E-state index in [1.807, 2.05) is 16.5 Å². The Kier molecular flexibility index (Phi) is 3.46. The highest BCUT2D eigenvalue weighted by molar-refractivity contribution is 5.78. The average Bonchev–Trinajstić information content (AvgIpc) is 2.94. The average molecular weight is 315 g/mol. The first-order valence-corrected chi connectivity index (χ1v) is 7.79. The van der Waals surface area contributed by atoms with E-state index in [4.69, 9.17) is 0 Å². The lowest BCUT2D eigenvalue weighted by atomic mass is 10.1. The van der Waals surface area contributed by atoms with Crippen LogP contribution in [0, 0.1) is 13.8 Å². The SMILES string of the molecule is Cc1ccc(-c2nc3ncncn3c2Nc2cccc(C)c2)cc1. The zero-order valence-electron chi connectivity index (χ0n) is 13.6. The van der Waals surface area contributed by atoms with Crippen LogP contribution < -0.4 is 5.32 Å². The highest BCUT2D eigenvalue weighted by Gasteiger charge is 2.15. The van der Waals surface area contributed by atoms with Crippen LogP contribution in [0.1, 0.15) is 11.1 Å². The van der Waals surface area contributed by atoms with Gasteiger partial charge in [-0.25, -0.2) is 15.0 Å². The number of anilines is 2. The number of benzene rings is 2. The van der Waals surface area contributed by atoms with Crippen molar-refractivity contribution >= 4 is 17.3 Å². The number of hydrogen-bond donors (Lipinski definition) is 1. The van der Waals surface area contributed by atoms with Crippen LogP contribution in [0.3, 0.4) is 0 Å². The molecule has 4 rings (SSSR count). The van der Waals surface area contributed by atoms with Crippen molar-refractivity contribution in [2.75, 3.05) is 5.32 Å². The van der Waals surface area contributed by atoms with E-state index >= 15 is 0 Å². The Morgan fingerprint density at radius 2 is 1.79 bits per heavy atom. The maximum absolute atomic E-state index is 4.68. The molecular formula is C19H17N5. The summed E-state index contributed by atoms with van der Waals surface area (Å²) in [6.07, 6.45) is 3.24. The second-order valence-electron chi connectivity index (χ2n) is 5.85. The van der Waals surface area contributed by atoms with Crippen LogP contribution in [-0.2, 0) is 0 Å². The Morgan fingerprint density at radius 3 is 2.58 bits per heavy atom. The maximum Gasteiger partial charge on any atom is 0.238 e. The molecule has 1 N–H and O–H groups in total. The van der Waals surface area contributed by atoms with Gasteiger partial charge in [-0.3, -0.25) is 4.40 Å². The van der Waals surface area contributed by atoms with Gasteiger partial charge >= 0.3 is 0 Å². The van der Waals surface area contributed by atoms with Crippen LogP contribution in [0.25, 0.3) is 17.0 Å². The van der Waals surface area contributed by atoms with Crippen molar-refractivity contribution < 1.29 is 0 Å². The van der Waals surface area contributed by atoms with E-state index in [-0.39, 0.29) is 0 Å². The smallest absolute Gasteiger partial charge is 0.238 e. The van der Waals surface area contributed by atoms with E-state index in [2.05, 4.69) is 70.5 Å². The molecule has 5 nitrogen and oxygen atoms in total. The molecule has 0 aliphatic heterocycles. The van der Waals surface area contributed by atoms with Gasteiger partial charge in [-0.2, -0.15) is 0 Å². The molecule has 4 aromatic rings. The van der Waals surface area contributed by atoms with Crippen LogP contribution in [0.5, 0.6) is 0 Å². The molecule has 118 valence electrons. The van der Waals surface area contributed by atoms with Gasteiger partial charge in [-0.1, -0.05) is 42.0 Å². The Balaban J connectivity index is 1.88. The second-order valence-corrected chi connectivity index (χ2v) is 5.85. The molecule has 5 heteroatoms. The maximum atomic E-state index is 4.68. The molecule has 2 heterocycles. The van der Waals surface area contributed by atoms with E-state index in [0.29, 0.717) is 5.78 Å². The minimum Gasteiger partial charge on any atom is -0.339 e. The van der Waals surface area contributed by atoms with Gasteiger partial charge in [0.05, 0.1) is 0 Å². The fourth-order valence-corrected chi connectivity index (χ4v) is 2.69. The Hall–Kier alpha value is -3.21. The van der Waals surface area contributed by atoms with E-state index in [0.717, 1.165) is 22.8 Å². The number of aromatic nitrogens is 4. The van der Waals surface area contributed by atoms with Crippen LogP contribution in [0.4, 0.5) is 11.5 Å². The van der Waals surface area contributed by atoms with E-state index in [9.17, 15) is 0 Å². The molecular weight excluding hydrogens is 298 g/mol. The molecule has 0 aliphatic rings. The third-order valence-corrected chi connectivity index (χ3v) is 3.92. The molecule has 2 aromatic carbocycles. The van der Waals surface area contributed by atoms with Crippen molar-refractivity contribution in [3.8, 4) is 11.3 Å². The van der Waals surface area contributed by atoms with Crippen LogP contribution in [0.15, 0.2) is 61.2 Å². The van der Waals surface area contributed by atoms with Crippen molar-refractivity contribution in [2.24, 2.45) is 0 Å². The summed E-state index contributed by atoms with van der Waals surface area (Å²) in [5, 5.41) is 3.47. The van der Waals surface area contributed by atoms with Crippen LogP contribution in [0.2, 0.25) is 0 Å². The predicted molar refractivity (Wildman–Crippen MR) is 95.4 cm³/mol. The van der Waals surface area contributed by atoms with Crippen molar-refractivity contribution in [1.29, 1.82) is 0 Å². The van der Waals surface area contributed by atoms with Gasteiger partial charge in [0, 0.05) is 11.3 Å². The van der Waals surface area contributed by atoms with Crippen LogP contribution in [-0.4, -0.2) is 19.4 Å². The number of hydrogen-bond acceptors (Lipinski definition) is 4. The quantitative estimate of drug-likeness (QED) is 0.617. The lowest BCUT2D eigenvalue weighted by molar-refractivity contribution is 1.01. The Morgan fingerprint density at radius 1 is 0.958 bits per heavy atom. The third kappa shape index (κ3) is 2.60. The third-order valence-electron chi connectivity index (χ3n) is 3.92. The summed E-state index contributed by atoms with van der Waals surface area (Å²) in [5.74, 6) is 1.48. The van der Waals surface area contributed by atoms with Gasteiger partial charge in [0.15, 0.2) is 0 Å². The van der Waals surface area contributed by atoms with E-state index in [1.54, 1.807) is 6.33 Å². The largest absolute Gasteiger partial charge is 0.339 e. The first kappa shape index (κ1) is 14.4. The number of fused-ring (bicyclic) bond motifs is 1. The van der Waals surface area contributed by atoms with Crippen LogP contribution >= 0.6 is 0 Å². The number of imidazole rings is 1. The molecule has 0 radical (unpaired) electrons. The molecule has 0 bridgehead atoms. The molecule has 0 saturated carbocycles. The molecule has 0 unspecified atom stereocenters. The minimum atomic E-state index is 0.621. The van der Waals surface area contributed by atoms with Crippen molar-refractivity contribution in [3.05, 3.63) is 72.3 Å². The number of nitrogens with one attached hydrogen (secondary N) is 1. The lowest BCUT2D eigenvalue weighted by Gasteiger charge is -2.09. The van der Waals surface area contributed by atoms with E-state index in [1.165, 1.54) is 17.5 Å². The fraction of sp³-hybridized carbons (Fsp3) is 0.105. The van der Waals surface area contributed by atoms with Crippen molar-refractivity contribution in [3.63, 3.8) is 0 Å². The summed E-state index contributed by atoms with van der Waals surface area (Å²) in [4.78, 5) is 13.1. The summed E-state index contributed by atoms with van der Waals surface area (Å²) in [6, 6.07) is 16.6. The molecule has 0 atom stereocenters. The summed E-state index contributed by atoms with van der Waals surface area (Å²) in [5.41, 5.74) is 5.32. The monoisotopic (exact) mass is 315 g/mol. The van der Waals surface area contributed by atoms with E-state index < -0.39 is 0 Å². The highest BCUT2D eigenvalue weighted by Crippen LogP contribution is 2.30. The molecule has 2 aromatic heterocycles. The highest BCUT2D eigenvalue weighted by atomic mass is 15.2. The zero-order chi connectivity index (χ0) is 16.5. The van der Waals surface area contributed by atoms with Crippen molar-refractivity contribution in [1.82, 2.24) is 19.4 Å². The first-order valence-electron chi connectivity index (χ1n) is 7.79. The minimum absolute atomic E-state index is 0.621. The molecule has 0 amide bonds. The fourth-order valence-electron chi connectivity index (χ4n) is 2.69. The first-order chi connectivity index (χ1) is 11.7. The topological polar surface area (TPSA) is 55.1 Å². The van der Waals surface area contributed by atoms with Gasteiger partial charge in [0.1, 0.15) is 24.2 Å². The van der Waals surface area contributed by atoms with Gasteiger partial charge in [-0.05, 0) is 31.5 Å². The molecule has 0 aliphatic carbocycles. The lowest BCUT2D eigenvalue weighted by Crippen LogP contribution is -1.98. The molecule has 0 spiro atoms. The summed E-state index contributed by atoms with van der Waals surface area (Å²) in [7, 11) is 0. The summed E-state index contributed by atoms with van der Waals surface area (Å²) in [6.45, 7) is 4.15. The molecule has 0 saturated heterocycles. The normalized spacial score (nSPS) is 10.9. The summed E-state index contributed by atoms with van der Waals surface area (Å²) >= 11 is 0. The number of rotatable bonds is 3. The molecule has 0 fully saturated rings. The van der Waals surface area contributed by atoms with Gasteiger partial charge in [-0.15, -0.1) is 0 Å². The Bertz CT molecular complexity index is 1000. The van der Waals surface area contributed by atoms with Crippen molar-refractivity contribution in [2.45, 2.75) is 13.8 Å². The second kappa shape index (κ2) is 5.77. The van der Waals surface area contributed by atoms with Gasteiger partial charge in [0.25, 0.3) is 0 Å². The van der Waals surface area contributed by atoms with Gasteiger partial charge < -0.3 is 5.32 Å². The molecule has 24 heavy (non-hydrogen) atoms. The van der Waals surface area contributed by atoms with Gasteiger partial charge in [0.2, 0.25) is 5.78 Å².